The van der Waals surface area contributed by atoms with Crippen molar-refractivity contribution < 1.29 is 15.0 Å². The van der Waals surface area contributed by atoms with Crippen LogP contribution in [0.3, 0.4) is 0 Å². The van der Waals surface area contributed by atoms with E-state index in [2.05, 4.69) is 4.90 Å². The first-order chi connectivity index (χ1) is 6.99. The molecule has 0 aromatic carbocycles. The zero-order valence-electron chi connectivity index (χ0n) is 9.57. The second-order valence-corrected chi connectivity index (χ2v) is 4.56. The molecule has 1 saturated heterocycles. The van der Waals surface area contributed by atoms with Crippen molar-refractivity contribution in [2.75, 3.05) is 20.1 Å². The second-order valence-electron chi connectivity index (χ2n) is 4.56. The normalized spacial score (nSPS) is 30.9. The van der Waals surface area contributed by atoms with Gasteiger partial charge in [0.05, 0.1) is 11.5 Å². The average molecular weight is 215 g/mol. The van der Waals surface area contributed by atoms with Crippen LogP contribution in [-0.4, -0.2) is 46.8 Å². The predicted molar refractivity (Wildman–Crippen MR) is 57.7 cm³/mol. The molecule has 0 amide bonds. The number of rotatable bonds is 3. The molecule has 0 bridgehead atoms. The maximum atomic E-state index is 11.1. The minimum absolute atomic E-state index is 0.496. The number of aliphatic hydroxyl groups is 1. The van der Waals surface area contributed by atoms with Crippen LogP contribution in [0.5, 0.6) is 0 Å². The first-order valence-electron chi connectivity index (χ1n) is 5.63. The summed E-state index contributed by atoms with van der Waals surface area (Å²) < 4.78 is 0. The fourth-order valence-corrected chi connectivity index (χ4v) is 2.41. The van der Waals surface area contributed by atoms with Crippen LogP contribution in [-0.2, 0) is 4.79 Å². The second kappa shape index (κ2) is 4.94. The molecule has 0 aromatic heterocycles. The summed E-state index contributed by atoms with van der Waals surface area (Å²) in [6.45, 7) is 3.55. The monoisotopic (exact) mass is 215 g/mol. The zero-order valence-corrected chi connectivity index (χ0v) is 9.57. The highest BCUT2D eigenvalue weighted by atomic mass is 16.4. The third-order valence-electron chi connectivity index (χ3n) is 3.43. The molecular weight excluding hydrogens is 194 g/mol. The van der Waals surface area contributed by atoms with Crippen molar-refractivity contribution in [1.29, 1.82) is 0 Å². The van der Waals surface area contributed by atoms with E-state index >= 15 is 0 Å². The van der Waals surface area contributed by atoms with E-state index < -0.39 is 17.5 Å². The molecule has 1 rings (SSSR count). The van der Waals surface area contributed by atoms with Crippen LogP contribution in [0.4, 0.5) is 0 Å². The Bertz CT molecular complexity index is 232. The van der Waals surface area contributed by atoms with Crippen LogP contribution in [0.1, 0.15) is 32.6 Å². The van der Waals surface area contributed by atoms with E-state index in [1.807, 2.05) is 14.0 Å². The molecule has 0 aromatic rings. The Balaban J connectivity index is 2.74. The molecule has 2 unspecified atom stereocenters. The van der Waals surface area contributed by atoms with Gasteiger partial charge < -0.3 is 15.1 Å². The van der Waals surface area contributed by atoms with Crippen molar-refractivity contribution in [3.8, 4) is 0 Å². The Hall–Kier alpha value is -0.610. The molecule has 0 aliphatic carbocycles. The SMILES string of the molecule is CCC(C(=O)O)C1(O)CCCN(C)CC1. The molecule has 1 aliphatic heterocycles. The summed E-state index contributed by atoms with van der Waals surface area (Å²) in [5.41, 5.74) is -1.01. The number of likely N-dealkylation sites (tertiary alicyclic amines) is 1. The summed E-state index contributed by atoms with van der Waals surface area (Å²) >= 11 is 0. The highest BCUT2D eigenvalue weighted by molar-refractivity contribution is 5.71. The van der Waals surface area contributed by atoms with Crippen LogP contribution < -0.4 is 0 Å². The number of aliphatic carboxylic acids is 1. The van der Waals surface area contributed by atoms with E-state index in [1.165, 1.54) is 0 Å². The lowest BCUT2D eigenvalue weighted by Crippen LogP contribution is -2.42. The molecule has 1 heterocycles. The quantitative estimate of drug-likeness (QED) is 0.735. The van der Waals surface area contributed by atoms with E-state index in [9.17, 15) is 9.90 Å². The third-order valence-corrected chi connectivity index (χ3v) is 3.43. The molecule has 88 valence electrons. The van der Waals surface area contributed by atoms with Gasteiger partial charge in [-0.3, -0.25) is 4.79 Å². The Kier molecular flexibility index (Phi) is 4.11. The number of carboxylic acid groups (broad SMARTS) is 1. The highest BCUT2D eigenvalue weighted by Gasteiger charge is 2.40. The van der Waals surface area contributed by atoms with Gasteiger partial charge >= 0.3 is 5.97 Å². The standard InChI is InChI=1S/C11H21NO3/c1-3-9(10(13)14)11(15)5-4-7-12(2)8-6-11/h9,15H,3-8H2,1-2H3,(H,13,14). The molecule has 0 radical (unpaired) electrons. The lowest BCUT2D eigenvalue weighted by molar-refractivity contribution is -0.153. The first kappa shape index (κ1) is 12.5. The zero-order chi connectivity index (χ0) is 11.5. The van der Waals surface area contributed by atoms with Gasteiger partial charge in [-0.15, -0.1) is 0 Å². The molecular formula is C11H21NO3. The Labute approximate surface area is 90.9 Å². The van der Waals surface area contributed by atoms with E-state index in [-0.39, 0.29) is 0 Å². The molecule has 15 heavy (non-hydrogen) atoms. The van der Waals surface area contributed by atoms with Gasteiger partial charge in [-0.25, -0.2) is 0 Å². The maximum Gasteiger partial charge on any atom is 0.309 e. The van der Waals surface area contributed by atoms with Gasteiger partial charge in [-0.05, 0) is 39.3 Å². The molecule has 0 saturated carbocycles. The van der Waals surface area contributed by atoms with E-state index in [0.717, 1.165) is 19.5 Å². The van der Waals surface area contributed by atoms with Gasteiger partial charge in [0.15, 0.2) is 0 Å². The Morgan fingerprint density at radius 1 is 1.47 bits per heavy atom. The molecule has 4 nitrogen and oxygen atoms in total. The number of carboxylic acids is 1. The molecule has 1 aliphatic rings. The fourth-order valence-electron chi connectivity index (χ4n) is 2.41. The summed E-state index contributed by atoms with van der Waals surface area (Å²) in [6, 6.07) is 0. The molecule has 0 spiro atoms. The van der Waals surface area contributed by atoms with Gasteiger partial charge in [0.1, 0.15) is 0 Å². The summed E-state index contributed by atoms with van der Waals surface area (Å²) in [7, 11) is 2.01. The van der Waals surface area contributed by atoms with Crippen LogP contribution in [0.25, 0.3) is 0 Å². The van der Waals surface area contributed by atoms with Crippen molar-refractivity contribution in [2.24, 2.45) is 5.92 Å². The summed E-state index contributed by atoms with van der Waals surface area (Å²) in [4.78, 5) is 13.2. The van der Waals surface area contributed by atoms with Crippen molar-refractivity contribution in [3.05, 3.63) is 0 Å². The Morgan fingerprint density at radius 3 is 2.67 bits per heavy atom. The molecule has 4 heteroatoms. The van der Waals surface area contributed by atoms with Gasteiger partial charge in [0.2, 0.25) is 0 Å². The third kappa shape index (κ3) is 2.92. The summed E-state index contributed by atoms with van der Waals surface area (Å²) in [5, 5.41) is 19.5. The van der Waals surface area contributed by atoms with Crippen LogP contribution in [0.2, 0.25) is 0 Å². The smallest absolute Gasteiger partial charge is 0.309 e. The topological polar surface area (TPSA) is 60.8 Å². The lowest BCUT2D eigenvalue weighted by atomic mass is 9.80. The minimum atomic E-state index is -1.01. The van der Waals surface area contributed by atoms with E-state index in [4.69, 9.17) is 5.11 Å². The first-order valence-corrected chi connectivity index (χ1v) is 5.63. The average Bonchev–Trinajstić information content (AvgIpc) is 2.30. The van der Waals surface area contributed by atoms with Crippen molar-refractivity contribution in [3.63, 3.8) is 0 Å². The van der Waals surface area contributed by atoms with Gasteiger partial charge in [0.25, 0.3) is 0 Å². The van der Waals surface area contributed by atoms with Crippen LogP contribution >= 0.6 is 0 Å². The number of carbonyl (C=O) groups is 1. The van der Waals surface area contributed by atoms with Gasteiger partial charge in [0, 0.05) is 6.54 Å². The van der Waals surface area contributed by atoms with Crippen molar-refractivity contribution in [1.82, 2.24) is 4.90 Å². The van der Waals surface area contributed by atoms with E-state index in [0.29, 0.717) is 19.3 Å². The number of hydrogen-bond donors (Lipinski definition) is 2. The highest BCUT2D eigenvalue weighted by Crippen LogP contribution is 2.31. The number of nitrogens with zero attached hydrogens (tertiary/aromatic N) is 1. The summed E-state index contributed by atoms with van der Waals surface area (Å²) in [5.74, 6) is -1.49. The van der Waals surface area contributed by atoms with Crippen LogP contribution in [0.15, 0.2) is 0 Å². The lowest BCUT2D eigenvalue weighted by Gasteiger charge is -2.32. The van der Waals surface area contributed by atoms with Crippen molar-refractivity contribution >= 4 is 5.97 Å². The van der Waals surface area contributed by atoms with E-state index in [1.54, 1.807) is 0 Å². The Morgan fingerprint density at radius 2 is 2.13 bits per heavy atom. The molecule has 1 fully saturated rings. The molecule has 2 N–H and O–H groups in total. The predicted octanol–water partition coefficient (Wildman–Crippen LogP) is 0.944. The van der Waals surface area contributed by atoms with Gasteiger partial charge in [-0.2, -0.15) is 0 Å². The molecule has 2 atom stereocenters. The number of hydrogen-bond acceptors (Lipinski definition) is 3. The maximum absolute atomic E-state index is 11.1. The fraction of sp³-hybridized carbons (Fsp3) is 0.909. The summed E-state index contributed by atoms with van der Waals surface area (Å²) in [6.07, 6.45) is 2.53. The van der Waals surface area contributed by atoms with Gasteiger partial charge in [-0.1, -0.05) is 6.92 Å². The largest absolute Gasteiger partial charge is 0.481 e. The minimum Gasteiger partial charge on any atom is -0.481 e. The van der Waals surface area contributed by atoms with Crippen LogP contribution in [0, 0.1) is 5.92 Å². The van der Waals surface area contributed by atoms with Crippen molar-refractivity contribution in [2.45, 2.75) is 38.2 Å².